The summed E-state index contributed by atoms with van der Waals surface area (Å²) in [5.74, 6) is 0.901. The minimum Gasteiger partial charge on any atom is -0.346 e. The van der Waals surface area contributed by atoms with Crippen molar-refractivity contribution >= 4 is 11.5 Å². The molecule has 0 aromatic heterocycles. The molecule has 3 nitrogen and oxygen atoms in total. The van der Waals surface area contributed by atoms with Crippen molar-refractivity contribution in [3.8, 4) is 0 Å². The van der Waals surface area contributed by atoms with E-state index in [1.165, 1.54) is 6.07 Å². The molecule has 0 aliphatic carbocycles. The highest BCUT2D eigenvalue weighted by molar-refractivity contribution is 5.97. The topological polar surface area (TPSA) is 26.5 Å². The van der Waals surface area contributed by atoms with Crippen LogP contribution < -0.4 is 4.90 Å². The van der Waals surface area contributed by atoms with Crippen LogP contribution in [-0.2, 0) is 11.9 Å². The van der Waals surface area contributed by atoms with Crippen molar-refractivity contribution in [3.05, 3.63) is 65.7 Å². The van der Waals surface area contributed by atoms with E-state index < -0.39 is 17.5 Å². The van der Waals surface area contributed by atoms with Gasteiger partial charge >= 0.3 is 6.18 Å². The van der Waals surface area contributed by atoms with E-state index in [1.54, 1.807) is 11.0 Å². The average molecular weight is 375 g/mol. The van der Waals surface area contributed by atoms with E-state index in [9.17, 15) is 18.3 Å². The first kappa shape index (κ1) is 18.0. The summed E-state index contributed by atoms with van der Waals surface area (Å²) in [5.41, 5.74) is -1.04. The lowest BCUT2D eigenvalue weighted by Gasteiger charge is -2.29. The lowest BCUT2D eigenvalue weighted by Crippen LogP contribution is -2.47. The molecule has 0 spiro atoms. The van der Waals surface area contributed by atoms with Crippen molar-refractivity contribution in [3.63, 3.8) is 0 Å². The zero-order valence-electron chi connectivity index (χ0n) is 14.9. The monoisotopic (exact) mass is 375 g/mol. The lowest BCUT2D eigenvalue weighted by molar-refractivity contribution is -0.534. The van der Waals surface area contributed by atoms with Gasteiger partial charge in [0, 0.05) is 12.0 Å². The van der Waals surface area contributed by atoms with Crippen molar-refractivity contribution < 1.29 is 22.9 Å². The van der Waals surface area contributed by atoms with Gasteiger partial charge in [0.15, 0.2) is 6.54 Å². The Morgan fingerprint density at radius 1 is 0.963 bits per heavy atom. The standard InChI is InChI=1S/C21H22F3N2O/c22-21(23,24)17-10-7-11-18(14-17)26-19-12-5-2-6-13-25(19)15-20(26,27)16-8-3-1-4-9-16/h1,3-4,7-11,14,27H,2,5-6,12-13,15H2/q+1/t20-/m0/s1. The molecule has 2 aromatic rings. The van der Waals surface area contributed by atoms with E-state index in [2.05, 4.69) is 4.58 Å². The normalized spacial score (nSPS) is 23.3. The number of nitrogens with zero attached hydrogens (tertiary/aromatic N) is 2. The van der Waals surface area contributed by atoms with Gasteiger partial charge in [-0.2, -0.15) is 18.1 Å². The number of alkyl halides is 3. The molecule has 2 aromatic carbocycles. The third-order valence-electron chi connectivity index (χ3n) is 5.40. The van der Waals surface area contributed by atoms with Crippen LogP contribution in [-0.4, -0.2) is 28.6 Å². The maximum absolute atomic E-state index is 13.3. The van der Waals surface area contributed by atoms with Crippen LogP contribution in [0.25, 0.3) is 0 Å². The molecule has 2 aliphatic heterocycles. The molecule has 2 aliphatic rings. The summed E-state index contributed by atoms with van der Waals surface area (Å²) in [6, 6.07) is 14.4. The van der Waals surface area contributed by atoms with Gasteiger partial charge in [0.1, 0.15) is 5.69 Å². The summed E-state index contributed by atoms with van der Waals surface area (Å²) in [6.07, 6.45) is -0.614. The summed E-state index contributed by atoms with van der Waals surface area (Å²) in [4.78, 5) is 1.71. The SMILES string of the molecule is O[C@]1(c2ccccc2)C[N+]2=C(CCCCC2)N1c1cccc(C(F)(F)F)c1. The van der Waals surface area contributed by atoms with Crippen molar-refractivity contribution in [2.75, 3.05) is 18.0 Å². The Balaban J connectivity index is 1.85. The largest absolute Gasteiger partial charge is 0.416 e. The maximum Gasteiger partial charge on any atom is 0.416 e. The minimum atomic E-state index is -4.42. The van der Waals surface area contributed by atoms with Crippen molar-refractivity contribution in [2.45, 2.75) is 37.6 Å². The minimum absolute atomic E-state index is 0.350. The van der Waals surface area contributed by atoms with Gasteiger partial charge < -0.3 is 5.11 Å². The second kappa shape index (κ2) is 6.68. The first-order valence-electron chi connectivity index (χ1n) is 9.26. The maximum atomic E-state index is 13.3. The summed E-state index contributed by atoms with van der Waals surface area (Å²) in [6.45, 7) is 1.16. The number of amidine groups is 1. The van der Waals surface area contributed by atoms with Gasteiger partial charge in [0.2, 0.25) is 0 Å². The van der Waals surface area contributed by atoms with Crippen molar-refractivity contribution in [1.29, 1.82) is 0 Å². The van der Waals surface area contributed by atoms with Gasteiger partial charge in [-0.25, -0.2) is 0 Å². The molecule has 142 valence electrons. The zero-order valence-corrected chi connectivity index (χ0v) is 14.9. The van der Waals surface area contributed by atoms with Crippen LogP contribution in [0.5, 0.6) is 0 Å². The van der Waals surface area contributed by atoms with Crippen LogP contribution >= 0.6 is 0 Å². The molecule has 0 amide bonds. The average Bonchev–Trinajstić information content (AvgIpc) is 2.78. The number of hydrogen-bond donors (Lipinski definition) is 1. The van der Waals surface area contributed by atoms with E-state index in [0.717, 1.165) is 50.2 Å². The third-order valence-corrected chi connectivity index (χ3v) is 5.40. The molecule has 0 saturated heterocycles. The Kier molecular flexibility index (Phi) is 4.46. The van der Waals surface area contributed by atoms with Gasteiger partial charge in [0.25, 0.3) is 11.6 Å². The summed E-state index contributed by atoms with van der Waals surface area (Å²) in [5, 5.41) is 11.7. The number of rotatable bonds is 2. The smallest absolute Gasteiger partial charge is 0.346 e. The number of hydrogen-bond acceptors (Lipinski definition) is 2. The predicted molar refractivity (Wildman–Crippen MR) is 97.7 cm³/mol. The molecule has 0 saturated carbocycles. The number of halogens is 3. The van der Waals surface area contributed by atoms with Crippen LogP contribution in [0.3, 0.4) is 0 Å². The second-order valence-electron chi connectivity index (χ2n) is 7.21. The van der Waals surface area contributed by atoms with E-state index in [-0.39, 0.29) is 0 Å². The molecule has 0 unspecified atom stereocenters. The Morgan fingerprint density at radius 2 is 1.74 bits per heavy atom. The van der Waals surface area contributed by atoms with E-state index in [1.807, 2.05) is 30.3 Å². The molecule has 0 bridgehead atoms. The molecule has 6 heteroatoms. The van der Waals surface area contributed by atoms with Crippen molar-refractivity contribution in [1.82, 2.24) is 0 Å². The van der Waals surface area contributed by atoms with Crippen LogP contribution in [0.4, 0.5) is 18.9 Å². The Labute approximate surface area is 156 Å². The Morgan fingerprint density at radius 3 is 2.48 bits per heavy atom. The fourth-order valence-electron chi connectivity index (χ4n) is 4.13. The van der Waals surface area contributed by atoms with Gasteiger partial charge in [-0.05, 0) is 37.5 Å². The number of benzene rings is 2. The summed E-state index contributed by atoms with van der Waals surface area (Å²) >= 11 is 0. The van der Waals surface area contributed by atoms with Crippen molar-refractivity contribution in [2.24, 2.45) is 0 Å². The molecule has 27 heavy (non-hydrogen) atoms. The number of aliphatic hydroxyl groups is 1. The summed E-state index contributed by atoms with van der Waals surface area (Å²) < 4.78 is 41.9. The van der Waals surface area contributed by atoms with Gasteiger partial charge in [0.05, 0.1) is 12.1 Å². The molecule has 0 radical (unpaired) electrons. The van der Waals surface area contributed by atoms with E-state index in [4.69, 9.17) is 0 Å². The predicted octanol–water partition coefficient (Wildman–Crippen LogP) is 4.36. The Bertz CT molecular complexity index is 863. The van der Waals surface area contributed by atoms with Gasteiger partial charge in [-0.3, -0.25) is 4.58 Å². The highest BCUT2D eigenvalue weighted by atomic mass is 19.4. The second-order valence-corrected chi connectivity index (χ2v) is 7.21. The molecular weight excluding hydrogens is 353 g/mol. The highest BCUT2D eigenvalue weighted by Gasteiger charge is 2.54. The van der Waals surface area contributed by atoms with E-state index in [0.29, 0.717) is 17.8 Å². The van der Waals surface area contributed by atoms with Gasteiger partial charge in [-0.15, -0.1) is 0 Å². The van der Waals surface area contributed by atoms with Crippen LogP contribution in [0.1, 0.15) is 36.8 Å². The fraction of sp³-hybridized carbons (Fsp3) is 0.381. The van der Waals surface area contributed by atoms with Crippen LogP contribution in [0, 0.1) is 0 Å². The first-order valence-corrected chi connectivity index (χ1v) is 9.26. The molecule has 0 fully saturated rings. The molecule has 1 N–H and O–H groups in total. The Hall–Kier alpha value is -2.34. The number of anilines is 1. The highest BCUT2D eigenvalue weighted by Crippen LogP contribution is 2.39. The van der Waals surface area contributed by atoms with E-state index >= 15 is 0 Å². The third kappa shape index (κ3) is 3.23. The fourth-order valence-corrected chi connectivity index (χ4v) is 4.13. The first-order chi connectivity index (χ1) is 12.9. The quantitative estimate of drug-likeness (QED) is 0.790. The summed E-state index contributed by atoms with van der Waals surface area (Å²) in [7, 11) is 0. The van der Waals surface area contributed by atoms with Crippen LogP contribution in [0.15, 0.2) is 54.6 Å². The lowest BCUT2D eigenvalue weighted by atomic mass is 9.99. The van der Waals surface area contributed by atoms with Gasteiger partial charge in [-0.1, -0.05) is 36.4 Å². The molecular formula is C21H22F3N2O+. The molecule has 1 atom stereocenters. The molecule has 2 heterocycles. The zero-order chi connectivity index (χ0) is 19.1. The van der Waals surface area contributed by atoms with Crippen LogP contribution in [0.2, 0.25) is 0 Å². The molecule has 4 rings (SSSR count).